The normalized spacial score (nSPS) is 14.4. The smallest absolute Gasteiger partial charge is 0.0897 e. The third-order valence-corrected chi connectivity index (χ3v) is 1.55. The fraction of sp³-hybridized carbons (Fsp3) is 1.00. The van der Waals surface area contributed by atoms with Gasteiger partial charge in [0.1, 0.15) is 0 Å². The van der Waals surface area contributed by atoms with Crippen LogP contribution in [0.2, 0.25) is 0 Å². The summed E-state index contributed by atoms with van der Waals surface area (Å²) in [4.78, 5) is 0. The summed E-state index contributed by atoms with van der Waals surface area (Å²) >= 11 is 0. The average molecular weight is 205 g/mol. The van der Waals surface area contributed by atoms with Gasteiger partial charge in [-0.05, 0) is 20.8 Å². The summed E-state index contributed by atoms with van der Waals surface area (Å²) < 4.78 is 10.3. The first-order chi connectivity index (χ1) is 6.45. The van der Waals surface area contributed by atoms with Crippen LogP contribution in [-0.4, -0.2) is 50.2 Å². The van der Waals surface area contributed by atoms with E-state index in [-0.39, 0.29) is 5.60 Å². The van der Waals surface area contributed by atoms with Gasteiger partial charge in [0.05, 0.1) is 24.9 Å². The Bertz CT molecular complexity index is 134. The number of methoxy groups -OCH3 is 1. The minimum Gasteiger partial charge on any atom is -0.389 e. The summed E-state index contributed by atoms with van der Waals surface area (Å²) in [6, 6.07) is 0. The van der Waals surface area contributed by atoms with Gasteiger partial charge in [0.2, 0.25) is 0 Å². The Labute approximate surface area is 86.6 Å². The molecule has 0 aromatic carbocycles. The van der Waals surface area contributed by atoms with E-state index in [0.29, 0.717) is 19.8 Å². The topological polar surface area (TPSA) is 50.7 Å². The minimum absolute atomic E-state index is 0.0905. The van der Waals surface area contributed by atoms with Crippen molar-refractivity contribution >= 4 is 0 Å². The highest BCUT2D eigenvalue weighted by Crippen LogP contribution is 2.04. The fourth-order valence-corrected chi connectivity index (χ4v) is 0.949. The van der Waals surface area contributed by atoms with Crippen LogP contribution in [0.15, 0.2) is 0 Å². The second-order valence-electron chi connectivity index (χ2n) is 4.27. The Kier molecular flexibility index (Phi) is 7.09. The molecule has 14 heavy (non-hydrogen) atoms. The summed E-state index contributed by atoms with van der Waals surface area (Å²) in [5, 5.41) is 12.4. The molecule has 4 heteroatoms. The van der Waals surface area contributed by atoms with Crippen LogP contribution in [0, 0.1) is 0 Å². The molecule has 0 aromatic heterocycles. The molecule has 86 valence electrons. The zero-order chi connectivity index (χ0) is 11.0. The molecule has 0 aliphatic carbocycles. The lowest BCUT2D eigenvalue weighted by molar-refractivity contribution is -0.00257. The van der Waals surface area contributed by atoms with Crippen LogP contribution in [0.5, 0.6) is 0 Å². The molecule has 0 amide bonds. The zero-order valence-corrected chi connectivity index (χ0v) is 9.67. The molecule has 0 saturated heterocycles. The number of aliphatic hydroxyl groups excluding tert-OH is 1. The quantitative estimate of drug-likeness (QED) is 0.591. The van der Waals surface area contributed by atoms with Crippen molar-refractivity contribution in [2.75, 3.05) is 33.4 Å². The van der Waals surface area contributed by atoms with Crippen molar-refractivity contribution in [2.24, 2.45) is 0 Å². The number of hydrogen-bond acceptors (Lipinski definition) is 4. The molecule has 0 heterocycles. The van der Waals surface area contributed by atoms with Crippen molar-refractivity contribution in [3.05, 3.63) is 0 Å². The van der Waals surface area contributed by atoms with E-state index in [1.807, 2.05) is 20.8 Å². The van der Waals surface area contributed by atoms with Gasteiger partial charge in [-0.3, -0.25) is 0 Å². The van der Waals surface area contributed by atoms with Crippen LogP contribution >= 0.6 is 0 Å². The molecule has 1 atom stereocenters. The second kappa shape index (κ2) is 7.17. The van der Waals surface area contributed by atoms with Crippen molar-refractivity contribution in [3.8, 4) is 0 Å². The Morgan fingerprint density at radius 3 is 2.50 bits per heavy atom. The van der Waals surface area contributed by atoms with Gasteiger partial charge in [-0.25, -0.2) is 0 Å². The van der Waals surface area contributed by atoms with Gasteiger partial charge in [-0.2, -0.15) is 0 Å². The summed E-state index contributed by atoms with van der Waals surface area (Å²) in [5.41, 5.74) is -0.0905. The highest BCUT2D eigenvalue weighted by molar-refractivity contribution is 4.61. The van der Waals surface area contributed by atoms with Gasteiger partial charge in [0, 0.05) is 20.2 Å². The van der Waals surface area contributed by atoms with Crippen molar-refractivity contribution in [3.63, 3.8) is 0 Å². The number of aliphatic hydroxyl groups is 1. The van der Waals surface area contributed by atoms with E-state index >= 15 is 0 Å². The van der Waals surface area contributed by atoms with Crippen molar-refractivity contribution in [1.82, 2.24) is 5.32 Å². The summed E-state index contributed by atoms with van der Waals surface area (Å²) in [7, 11) is 1.58. The van der Waals surface area contributed by atoms with Crippen molar-refractivity contribution in [1.29, 1.82) is 0 Å². The molecule has 4 nitrogen and oxygen atoms in total. The zero-order valence-electron chi connectivity index (χ0n) is 9.67. The molecule has 2 N–H and O–H groups in total. The van der Waals surface area contributed by atoms with Crippen LogP contribution < -0.4 is 5.32 Å². The van der Waals surface area contributed by atoms with Crippen LogP contribution in [0.25, 0.3) is 0 Å². The van der Waals surface area contributed by atoms with Crippen molar-refractivity contribution < 1.29 is 14.6 Å². The van der Waals surface area contributed by atoms with Gasteiger partial charge in [0.25, 0.3) is 0 Å². The highest BCUT2D eigenvalue weighted by Gasteiger charge is 2.09. The molecule has 0 rings (SSSR count). The van der Waals surface area contributed by atoms with Crippen LogP contribution in [0.4, 0.5) is 0 Å². The first-order valence-corrected chi connectivity index (χ1v) is 4.97. The van der Waals surface area contributed by atoms with Crippen LogP contribution in [0.3, 0.4) is 0 Å². The molecule has 0 saturated carbocycles. The molecule has 0 fully saturated rings. The lowest BCUT2D eigenvalue weighted by Gasteiger charge is -2.19. The monoisotopic (exact) mass is 205 g/mol. The molecule has 0 aliphatic rings. The molecule has 0 radical (unpaired) electrons. The van der Waals surface area contributed by atoms with E-state index in [1.54, 1.807) is 7.11 Å². The number of nitrogens with one attached hydrogen (secondary N) is 1. The van der Waals surface area contributed by atoms with E-state index in [9.17, 15) is 5.11 Å². The number of hydrogen-bond donors (Lipinski definition) is 2. The van der Waals surface area contributed by atoms with Gasteiger partial charge in [-0.1, -0.05) is 0 Å². The molecule has 0 aromatic rings. The predicted molar refractivity (Wildman–Crippen MR) is 56.5 cm³/mol. The Morgan fingerprint density at radius 2 is 2.00 bits per heavy atom. The summed E-state index contributed by atoms with van der Waals surface area (Å²) in [6.07, 6.45) is -0.436. The first-order valence-electron chi connectivity index (χ1n) is 4.97. The third-order valence-electron chi connectivity index (χ3n) is 1.55. The van der Waals surface area contributed by atoms with Gasteiger partial charge in [-0.15, -0.1) is 0 Å². The fourth-order valence-electron chi connectivity index (χ4n) is 0.949. The summed E-state index contributed by atoms with van der Waals surface area (Å²) in [6.45, 7) is 8.38. The van der Waals surface area contributed by atoms with Crippen molar-refractivity contribution in [2.45, 2.75) is 32.5 Å². The Balaban J connectivity index is 3.21. The maximum atomic E-state index is 9.28. The molecule has 0 bridgehead atoms. The molecular formula is C10H23NO3. The predicted octanol–water partition coefficient (Wildman–Crippen LogP) is 0.398. The average Bonchev–Trinajstić information content (AvgIpc) is 2.02. The minimum atomic E-state index is -0.436. The second-order valence-corrected chi connectivity index (χ2v) is 4.27. The Morgan fingerprint density at radius 1 is 1.36 bits per heavy atom. The first kappa shape index (κ1) is 13.8. The highest BCUT2D eigenvalue weighted by atomic mass is 16.5. The summed E-state index contributed by atoms with van der Waals surface area (Å²) in [5.74, 6) is 0. The molecule has 0 aliphatic heterocycles. The molecular weight excluding hydrogens is 182 g/mol. The Hall–Kier alpha value is -0.160. The number of ether oxygens (including phenoxy) is 2. The van der Waals surface area contributed by atoms with Gasteiger partial charge < -0.3 is 19.9 Å². The van der Waals surface area contributed by atoms with E-state index in [0.717, 1.165) is 6.54 Å². The van der Waals surface area contributed by atoms with Gasteiger partial charge in [0.15, 0.2) is 0 Å². The van der Waals surface area contributed by atoms with Crippen LogP contribution in [0.1, 0.15) is 20.8 Å². The molecule has 1 unspecified atom stereocenters. The maximum absolute atomic E-state index is 9.28. The van der Waals surface area contributed by atoms with E-state index in [4.69, 9.17) is 9.47 Å². The number of rotatable bonds is 7. The van der Waals surface area contributed by atoms with E-state index in [2.05, 4.69) is 5.32 Å². The van der Waals surface area contributed by atoms with E-state index in [1.165, 1.54) is 0 Å². The SMILES string of the molecule is COCC(O)CNCCOC(C)(C)C. The lowest BCUT2D eigenvalue weighted by atomic mass is 10.2. The lowest BCUT2D eigenvalue weighted by Crippen LogP contribution is -2.33. The maximum Gasteiger partial charge on any atom is 0.0897 e. The largest absolute Gasteiger partial charge is 0.389 e. The third kappa shape index (κ3) is 9.92. The van der Waals surface area contributed by atoms with Crippen LogP contribution in [-0.2, 0) is 9.47 Å². The molecule has 0 spiro atoms. The van der Waals surface area contributed by atoms with E-state index < -0.39 is 6.10 Å². The van der Waals surface area contributed by atoms with Gasteiger partial charge >= 0.3 is 0 Å². The standard InChI is InChI=1S/C10H23NO3/c1-10(2,3)14-6-5-11-7-9(12)8-13-4/h9,11-12H,5-8H2,1-4H3.